The molecule has 1 unspecified atom stereocenters. The summed E-state index contributed by atoms with van der Waals surface area (Å²) in [7, 11) is 1.80. The van der Waals surface area contributed by atoms with Gasteiger partial charge < -0.3 is 14.6 Å². The minimum atomic E-state index is -0.897. The van der Waals surface area contributed by atoms with Crippen LogP contribution in [0.1, 0.15) is 26.6 Å². The Hall–Kier alpha value is -2.24. The number of para-hydroxylation sites is 1. The molecule has 2 rings (SSSR count). The van der Waals surface area contributed by atoms with Crippen molar-refractivity contribution < 1.29 is 9.53 Å². The number of amides is 1. The fourth-order valence-electron chi connectivity index (χ4n) is 2.06. The van der Waals surface area contributed by atoms with E-state index in [1.54, 1.807) is 30.7 Å². The zero-order valence-electron chi connectivity index (χ0n) is 15.7. The lowest BCUT2D eigenvalue weighted by molar-refractivity contribution is -0.120. The number of benzene rings is 1. The van der Waals surface area contributed by atoms with Gasteiger partial charge in [0.2, 0.25) is 5.91 Å². The lowest BCUT2D eigenvalue weighted by Crippen LogP contribution is -2.49. The maximum absolute atomic E-state index is 12.2. The highest BCUT2D eigenvalue weighted by Crippen LogP contribution is 2.24. The molecule has 1 amide bonds. The van der Waals surface area contributed by atoms with Crippen molar-refractivity contribution in [2.75, 3.05) is 5.75 Å². The number of carbonyl (C=O) groups excluding carboxylic acids is 1. The van der Waals surface area contributed by atoms with Crippen LogP contribution in [0, 0.1) is 17.2 Å². The summed E-state index contributed by atoms with van der Waals surface area (Å²) in [4.78, 5) is 12.2. The van der Waals surface area contributed by atoms with Gasteiger partial charge in [-0.2, -0.15) is 5.26 Å². The summed E-state index contributed by atoms with van der Waals surface area (Å²) in [5.41, 5.74) is -0.897. The number of carbonyl (C=O) groups is 1. The molecule has 0 spiro atoms. The average molecular weight is 408 g/mol. The van der Waals surface area contributed by atoms with Crippen LogP contribution in [0.15, 0.2) is 29.4 Å². The summed E-state index contributed by atoms with van der Waals surface area (Å²) in [5.74, 6) is 1.10. The summed E-state index contributed by atoms with van der Waals surface area (Å²) in [6, 6.07) is 9.35. The third-order valence-corrected chi connectivity index (χ3v) is 5.57. The summed E-state index contributed by atoms with van der Waals surface area (Å²) in [6.07, 6.45) is 0. The minimum Gasteiger partial charge on any atom is -0.484 e. The van der Waals surface area contributed by atoms with Crippen molar-refractivity contribution in [2.45, 2.75) is 38.1 Å². The van der Waals surface area contributed by atoms with Gasteiger partial charge >= 0.3 is 0 Å². The molecule has 144 valence electrons. The van der Waals surface area contributed by atoms with Crippen molar-refractivity contribution in [1.29, 1.82) is 5.26 Å². The van der Waals surface area contributed by atoms with E-state index in [2.05, 4.69) is 21.6 Å². The number of hydrogen-bond acceptors (Lipinski definition) is 6. The van der Waals surface area contributed by atoms with Crippen LogP contribution >= 0.6 is 23.4 Å². The van der Waals surface area contributed by atoms with Crippen LogP contribution in [0.4, 0.5) is 0 Å². The Bertz CT molecular complexity index is 849. The van der Waals surface area contributed by atoms with E-state index in [9.17, 15) is 10.1 Å². The molecule has 1 heterocycles. The van der Waals surface area contributed by atoms with Gasteiger partial charge in [-0.3, -0.25) is 4.79 Å². The van der Waals surface area contributed by atoms with E-state index in [1.165, 1.54) is 11.8 Å². The Morgan fingerprint density at radius 3 is 2.78 bits per heavy atom. The number of ether oxygens (including phenoxy) is 1. The lowest BCUT2D eigenvalue weighted by Gasteiger charge is -2.27. The molecule has 1 N–H and O–H groups in total. The van der Waals surface area contributed by atoms with Crippen LogP contribution < -0.4 is 10.1 Å². The third kappa shape index (κ3) is 5.37. The van der Waals surface area contributed by atoms with Crippen LogP contribution in [0.2, 0.25) is 5.02 Å². The molecule has 0 bridgehead atoms. The van der Waals surface area contributed by atoms with E-state index < -0.39 is 5.54 Å². The summed E-state index contributed by atoms with van der Waals surface area (Å²) in [5, 5.41) is 21.4. The topological polar surface area (TPSA) is 92.8 Å². The molecule has 2 aromatic rings. The van der Waals surface area contributed by atoms with Crippen molar-refractivity contribution in [1.82, 2.24) is 20.1 Å². The lowest BCUT2D eigenvalue weighted by atomic mass is 9.90. The number of nitriles is 1. The molecule has 1 aromatic carbocycles. The van der Waals surface area contributed by atoms with Crippen molar-refractivity contribution in [2.24, 2.45) is 13.0 Å². The zero-order valence-corrected chi connectivity index (χ0v) is 17.3. The standard InChI is InChI=1S/C18H22ClN5O2S/c1-12(2)18(3,11-20)21-16(25)10-27-17-23-22-15(24(17)4)9-26-14-8-6-5-7-13(14)19/h5-8,12H,9-10H2,1-4H3,(H,21,25). The van der Waals surface area contributed by atoms with E-state index >= 15 is 0 Å². The smallest absolute Gasteiger partial charge is 0.231 e. The molecular weight excluding hydrogens is 386 g/mol. The van der Waals surface area contributed by atoms with E-state index in [0.29, 0.717) is 21.8 Å². The van der Waals surface area contributed by atoms with Gasteiger partial charge in [-0.1, -0.05) is 49.3 Å². The first-order valence-corrected chi connectivity index (χ1v) is 9.74. The molecule has 0 aliphatic carbocycles. The molecule has 0 radical (unpaired) electrons. The van der Waals surface area contributed by atoms with Gasteiger partial charge in [0.05, 0.1) is 16.8 Å². The van der Waals surface area contributed by atoms with Crippen molar-refractivity contribution in [3.05, 3.63) is 35.1 Å². The van der Waals surface area contributed by atoms with Crippen molar-refractivity contribution in [3.63, 3.8) is 0 Å². The van der Waals surface area contributed by atoms with Crippen LogP contribution in [0.3, 0.4) is 0 Å². The number of halogens is 1. The number of thioether (sulfide) groups is 1. The highest BCUT2D eigenvalue weighted by atomic mass is 35.5. The third-order valence-electron chi connectivity index (χ3n) is 4.24. The van der Waals surface area contributed by atoms with E-state index in [4.69, 9.17) is 16.3 Å². The largest absolute Gasteiger partial charge is 0.484 e. The molecule has 0 saturated heterocycles. The summed E-state index contributed by atoms with van der Waals surface area (Å²) < 4.78 is 7.43. The molecule has 7 nitrogen and oxygen atoms in total. The average Bonchev–Trinajstić information content (AvgIpc) is 2.99. The number of nitrogens with one attached hydrogen (secondary N) is 1. The second-order valence-corrected chi connectivity index (χ2v) is 7.83. The van der Waals surface area contributed by atoms with Gasteiger partial charge in [0.15, 0.2) is 11.0 Å². The molecule has 0 saturated carbocycles. The normalized spacial score (nSPS) is 13.1. The Morgan fingerprint density at radius 2 is 2.15 bits per heavy atom. The van der Waals surface area contributed by atoms with Crippen LogP contribution in [-0.4, -0.2) is 32.0 Å². The summed E-state index contributed by atoms with van der Waals surface area (Å²) >= 11 is 7.32. The van der Waals surface area contributed by atoms with Gasteiger partial charge in [-0.05, 0) is 25.0 Å². The van der Waals surface area contributed by atoms with Gasteiger partial charge in [0.1, 0.15) is 17.9 Å². The second kappa shape index (κ2) is 9.11. The van der Waals surface area contributed by atoms with Crippen LogP contribution in [0.25, 0.3) is 0 Å². The van der Waals surface area contributed by atoms with Gasteiger partial charge in [0, 0.05) is 7.05 Å². The van der Waals surface area contributed by atoms with Gasteiger partial charge in [-0.15, -0.1) is 10.2 Å². The van der Waals surface area contributed by atoms with Crippen LogP contribution in [-0.2, 0) is 18.4 Å². The van der Waals surface area contributed by atoms with E-state index in [0.717, 1.165) is 0 Å². The fourth-order valence-corrected chi connectivity index (χ4v) is 2.98. The number of rotatable bonds is 8. The fraction of sp³-hybridized carbons (Fsp3) is 0.444. The number of nitrogens with zero attached hydrogens (tertiary/aromatic N) is 4. The number of aromatic nitrogens is 3. The van der Waals surface area contributed by atoms with Gasteiger partial charge in [0.25, 0.3) is 0 Å². The highest BCUT2D eigenvalue weighted by molar-refractivity contribution is 7.99. The highest BCUT2D eigenvalue weighted by Gasteiger charge is 2.30. The molecule has 27 heavy (non-hydrogen) atoms. The molecular formula is C18H22ClN5O2S. The molecule has 0 aliphatic rings. The minimum absolute atomic E-state index is 0.000148. The maximum atomic E-state index is 12.2. The Kier molecular flexibility index (Phi) is 7.11. The van der Waals surface area contributed by atoms with Crippen LogP contribution in [0.5, 0.6) is 5.75 Å². The SMILES string of the molecule is CC(C)C(C)(C#N)NC(=O)CSc1nnc(COc2ccccc2Cl)n1C. The molecule has 0 aliphatic heterocycles. The predicted octanol–water partition coefficient (Wildman–Crippen LogP) is 3.19. The second-order valence-electron chi connectivity index (χ2n) is 6.48. The maximum Gasteiger partial charge on any atom is 0.231 e. The zero-order chi connectivity index (χ0) is 20.0. The molecule has 1 atom stereocenters. The first kappa shape index (κ1) is 21.1. The quantitative estimate of drug-likeness (QED) is 0.675. The molecule has 1 aromatic heterocycles. The first-order chi connectivity index (χ1) is 12.8. The molecule has 9 heteroatoms. The van der Waals surface area contributed by atoms with Crippen molar-refractivity contribution in [3.8, 4) is 11.8 Å². The summed E-state index contributed by atoms with van der Waals surface area (Å²) in [6.45, 7) is 5.71. The van der Waals surface area contributed by atoms with E-state index in [1.807, 2.05) is 26.0 Å². The predicted molar refractivity (Wildman–Crippen MR) is 105 cm³/mol. The Labute approximate surface area is 168 Å². The monoisotopic (exact) mass is 407 g/mol. The Morgan fingerprint density at radius 1 is 1.44 bits per heavy atom. The van der Waals surface area contributed by atoms with Crippen molar-refractivity contribution >= 4 is 29.3 Å². The number of hydrogen-bond donors (Lipinski definition) is 1. The first-order valence-electron chi connectivity index (χ1n) is 8.37. The molecule has 0 fully saturated rings. The Balaban J connectivity index is 1.93. The van der Waals surface area contributed by atoms with Gasteiger partial charge in [-0.25, -0.2) is 0 Å². The van der Waals surface area contributed by atoms with E-state index in [-0.39, 0.29) is 24.2 Å².